The zero-order chi connectivity index (χ0) is 12.1. The van der Waals surface area contributed by atoms with Crippen molar-refractivity contribution in [3.63, 3.8) is 0 Å². The number of rotatable bonds is 3. The van der Waals surface area contributed by atoms with Gasteiger partial charge in [-0.3, -0.25) is 0 Å². The summed E-state index contributed by atoms with van der Waals surface area (Å²) in [5.41, 5.74) is 1.33. The topological polar surface area (TPSA) is 59.3 Å². The van der Waals surface area contributed by atoms with Crippen LogP contribution < -0.4 is 4.74 Å². The van der Waals surface area contributed by atoms with Gasteiger partial charge in [0.15, 0.2) is 5.75 Å². The first-order chi connectivity index (χ1) is 7.69. The fourth-order valence-electron chi connectivity index (χ4n) is 1.36. The van der Waals surface area contributed by atoms with Crippen molar-refractivity contribution in [2.45, 2.75) is 5.33 Å². The summed E-state index contributed by atoms with van der Waals surface area (Å²) < 4.78 is 9.76. The number of methoxy groups -OCH3 is 2. The molecular formula is C11H10BrNO3. The Morgan fingerprint density at radius 3 is 2.62 bits per heavy atom. The first-order valence-electron chi connectivity index (χ1n) is 4.43. The van der Waals surface area contributed by atoms with Crippen LogP contribution in [0.4, 0.5) is 0 Å². The van der Waals surface area contributed by atoms with Crippen molar-refractivity contribution in [1.29, 1.82) is 5.26 Å². The highest BCUT2D eigenvalue weighted by Gasteiger charge is 2.20. The third-order valence-corrected chi connectivity index (χ3v) is 2.71. The van der Waals surface area contributed by atoms with Gasteiger partial charge in [-0.2, -0.15) is 5.26 Å². The number of hydrogen-bond acceptors (Lipinski definition) is 4. The van der Waals surface area contributed by atoms with Gasteiger partial charge in [0.2, 0.25) is 0 Å². The largest absolute Gasteiger partial charge is 0.494 e. The zero-order valence-electron chi connectivity index (χ0n) is 8.91. The Labute approximate surface area is 102 Å². The van der Waals surface area contributed by atoms with E-state index in [4.69, 9.17) is 10.00 Å². The van der Waals surface area contributed by atoms with E-state index < -0.39 is 5.97 Å². The highest BCUT2D eigenvalue weighted by atomic mass is 79.9. The fourth-order valence-corrected chi connectivity index (χ4v) is 1.83. The van der Waals surface area contributed by atoms with E-state index in [2.05, 4.69) is 20.7 Å². The van der Waals surface area contributed by atoms with Crippen molar-refractivity contribution in [3.05, 3.63) is 28.8 Å². The maximum atomic E-state index is 11.6. The highest BCUT2D eigenvalue weighted by Crippen LogP contribution is 2.28. The molecule has 0 aliphatic heterocycles. The van der Waals surface area contributed by atoms with Crippen molar-refractivity contribution in [2.24, 2.45) is 0 Å². The molecule has 0 bridgehead atoms. The normalized spacial score (nSPS) is 9.38. The summed E-state index contributed by atoms with van der Waals surface area (Å²) in [7, 11) is 2.71. The van der Waals surface area contributed by atoms with Crippen LogP contribution in [-0.4, -0.2) is 20.2 Å². The number of ether oxygens (including phenoxy) is 2. The Kier molecular flexibility index (Phi) is 4.32. The number of carbonyl (C=O) groups is 1. The maximum Gasteiger partial charge on any atom is 0.342 e. The van der Waals surface area contributed by atoms with Crippen LogP contribution in [0.15, 0.2) is 12.1 Å². The summed E-state index contributed by atoms with van der Waals surface area (Å²) in [5, 5.41) is 9.38. The third-order valence-electron chi connectivity index (χ3n) is 2.10. The molecule has 5 heteroatoms. The molecule has 0 heterocycles. The molecule has 0 saturated carbocycles. The number of esters is 1. The summed E-state index contributed by atoms with van der Waals surface area (Å²) in [6.45, 7) is 0. The Hall–Kier alpha value is -1.54. The van der Waals surface area contributed by atoms with Gasteiger partial charge in [0.05, 0.1) is 19.8 Å². The molecule has 0 aliphatic rings. The van der Waals surface area contributed by atoms with E-state index in [9.17, 15) is 4.79 Å². The predicted molar refractivity (Wildman–Crippen MR) is 61.7 cm³/mol. The third kappa shape index (κ3) is 2.17. The van der Waals surface area contributed by atoms with E-state index in [1.54, 1.807) is 12.1 Å². The summed E-state index contributed by atoms with van der Waals surface area (Å²) in [6, 6.07) is 5.28. The van der Waals surface area contributed by atoms with Crippen LogP contribution in [0.1, 0.15) is 21.5 Å². The second-order valence-corrected chi connectivity index (χ2v) is 3.48. The Balaban J connectivity index is 3.50. The molecule has 1 rings (SSSR count). The first-order valence-corrected chi connectivity index (χ1v) is 5.56. The number of carbonyl (C=O) groups excluding carboxylic acids is 1. The zero-order valence-corrected chi connectivity index (χ0v) is 10.5. The molecule has 0 fully saturated rings. The quantitative estimate of drug-likeness (QED) is 0.631. The van der Waals surface area contributed by atoms with Crippen molar-refractivity contribution in [1.82, 2.24) is 0 Å². The van der Waals surface area contributed by atoms with Gasteiger partial charge in [0, 0.05) is 5.33 Å². The number of halogens is 1. The average Bonchev–Trinajstić information content (AvgIpc) is 2.35. The van der Waals surface area contributed by atoms with E-state index in [1.807, 2.05) is 6.07 Å². The molecule has 0 radical (unpaired) electrons. The van der Waals surface area contributed by atoms with Crippen LogP contribution in [0.2, 0.25) is 0 Å². The van der Waals surface area contributed by atoms with E-state index in [0.717, 1.165) is 5.56 Å². The number of hydrogen-bond donors (Lipinski definition) is 0. The van der Waals surface area contributed by atoms with Crippen molar-refractivity contribution < 1.29 is 14.3 Å². The van der Waals surface area contributed by atoms with Gasteiger partial charge in [-0.15, -0.1) is 0 Å². The first kappa shape index (κ1) is 12.5. The molecule has 0 unspecified atom stereocenters. The molecule has 1 aromatic rings. The molecule has 0 saturated heterocycles. The van der Waals surface area contributed by atoms with Gasteiger partial charge in [-0.05, 0) is 11.6 Å². The fraction of sp³-hybridized carbons (Fsp3) is 0.273. The molecular weight excluding hydrogens is 274 g/mol. The lowest BCUT2D eigenvalue weighted by atomic mass is 10.0. The standard InChI is InChI=1S/C11H10BrNO3/c1-15-10-8(6-13)4-3-7(5-12)9(10)11(14)16-2/h3-4H,5H2,1-2H3. The second-order valence-electron chi connectivity index (χ2n) is 2.92. The lowest BCUT2D eigenvalue weighted by molar-refractivity contribution is 0.0596. The SMILES string of the molecule is COC(=O)c1c(CBr)ccc(C#N)c1OC. The average molecular weight is 284 g/mol. The number of nitriles is 1. The minimum atomic E-state index is -0.511. The van der Waals surface area contributed by atoms with Crippen LogP contribution in [-0.2, 0) is 10.1 Å². The molecule has 0 amide bonds. The molecule has 4 nitrogen and oxygen atoms in total. The van der Waals surface area contributed by atoms with Crippen LogP contribution in [0.3, 0.4) is 0 Å². The molecule has 0 atom stereocenters. The Morgan fingerprint density at radius 2 is 2.19 bits per heavy atom. The molecule has 1 aromatic carbocycles. The monoisotopic (exact) mass is 283 g/mol. The lowest BCUT2D eigenvalue weighted by Gasteiger charge is -2.11. The summed E-state index contributed by atoms with van der Waals surface area (Å²) >= 11 is 3.27. The van der Waals surface area contributed by atoms with Gasteiger partial charge in [0.25, 0.3) is 0 Å². The van der Waals surface area contributed by atoms with Crippen LogP contribution in [0, 0.1) is 11.3 Å². The van der Waals surface area contributed by atoms with Gasteiger partial charge < -0.3 is 9.47 Å². The Morgan fingerprint density at radius 1 is 1.50 bits per heavy atom. The van der Waals surface area contributed by atoms with Crippen molar-refractivity contribution in [3.8, 4) is 11.8 Å². The number of benzene rings is 1. The van der Waals surface area contributed by atoms with Crippen LogP contribution in [0.5, 0.6) is 5.75 Å². The minimum Gasteiger partial charge on any atom is -0.494 e. The van der Waals surface area contributed by atoms with E-state index in [1.165, 1.54) is 14.2 Å². The lowest BCUT2D eigenvalue weighted by Crippen LogP contribution is -2.08. The highest BCUT2D eigenvalue weighted by molar-refractivity contribution is 9.08. The van der Waals surface area contributed by atoms with Gasteiger partial charge >= 0.3 is 5.97 Å². The molecule has 0 aliphatic carbocycles. The molecule has 0 aromatic heterocycles. The molecule has 0 spiro atoms. The summed E-state index contributed by atoms with van der Waals surface area (Å²) in [4.78, 5) is 11.6. The minimum absolute atomic E-state index is 0.256. The number of nitrogens with zero attached hydrogens (tertiary/aromatic N) is 1. The second kappa shape index (κ2) is 5.52. The molecule has 84 valence electrons. The van der Waals surface area contributed by atoms with Crippen LogP contribution >= 0.6 is 15.9 Å². The summed E-state index contributed by atoms with van der Waals surface area (Å²) in [5.74, 6) is -0.255. The van der Waals surface area contributed by atoms with Gasteiger partial charge in [0.1, 0.15) is 11.6 Å². The van der Waals surface area contributed by atoms with E-state index in [-0.39, 0.29) is 5.75 Å². The van der Waals surface area contributed by atoms with Crippen LogP contribution in [0.25, 0.3) is 0 Å². The smallest absolute Gasteiger partial charge is 0.342 e. The van der Waals surface area contributed by atoms with Gasteiger partial charge in [-0.1, -0.05) is 22.0 Å². The number of alkyl halides is 1. The molecule has 16 heavy (non-hydrogen) atoms. The van der Waals surface area contributed by atoms with E-state index in [0.29, 0.717) is 16.5 Å². The predicted octanol–water partition coefficient (Wildman–Crippen LogP) is 2.25. The van der Waals surface area contributed by atoms with Gasteiger partial charge in [-0.25, -0.2) is 4.79 Å². The van der Waals surface area contributed by atoms with Crippen molar-refractivity contribution in [2.75, 3.05) is 14.2 Å². The van der Waals surface area contributed by atoms with Crippen molar-refractivity contribution >= 4 is 21.9 Å². The van der Waals surface area contributed by atoms with E-state index >= 15 is 0 Å². The Bertz CT molecular complexity index is 451. The molecule has 0 N–H and O–H groups in total. The maximum absolute atomic E-state index is 11.6. The summed E-state index contributed by atoms with van der Waals surface area (Å²) in [6.07, 6.45) is 0.